The highest BCUT2D eigenvalue weighted by molar-refractivity contribution is 5.92. The van der Waals surface area contributed by atoms with E-state index in [1.54, 1.807) is 44.1 Å². The highest BCUT2D eigenvalue weighted by atomic mass is 19.4. The molecule has 0 fully saturated rings. The number of nitrogens with zero attached hydrogens (tertiary/aromatic N) is 1. The maximum Gasteiger partial charge on any atom is 0.416 e. The van der Waals surface area contributed by atoms with Crippen molar-refractivity contribution in [2.24, 2.45) is 0 Å². The van der Waals surface area contributed by atoms with Gasteiger partial charge in [-0.2, -0.15) is 13.2 Å². The molecule has 2 aromatic rings. The Labute approximate surface area is 174 Å². The van der Waals surface area contributed by atoms with Gasteiger partial charge in [0.15, 0.2) is 0 Å². The van der Waals surface area contributed by atoms with Crippen LogP contribution in [0.1, 0.15) is 36.0 Å². The summed E-state index contributed by atoms with van der Waals surface area (Å²) in [4.78, 5) is 25.9. The van der Waals surface area contributed by atoms with E-state index < -0.39 is 11.7 Å². The minimum Gasteiger partial charge on any atom is -0.352 e. The number of amides is 2. The number of alkyl halides is 3. The topological polar surface area (TPSA) is 61.4 Å². The van der Waals surface area contributed by atoms with Crippen LogP contribution in [0.15, 0.2) is 48.5 Å². The van der Waals surface area contributed by atoms with Crippen LogP contribution in [0.4, 0.5) is 18.9 Å². The zero-order valence-electron chi connectivity index (χ0n) is 17.2. The number of rotatable bonds is 8. The first-order valence-electron chi connectivity index (χ1n) is 9.52. The van der Waals surface area contributed by atoms with E-state index >= 15 is 0 Å². The maximum atomic E-state index is 12.7. The summed E-state index contributed by atoms with van der Waals surface area (Å²) < 4.78 is 38.0. The largest absolute Gasteiger partial charge is 0.416 e. The van der Waals surface area contributed by atoms with E-state index in [1.807, 2.05) is 6.07 Å². The van der Waals surface area contributed by atoms with Crippen molar-refractivity contribution in [3.8, 4) is 0 Å². The quantitative estimate of drug-likeness (QED) is 0.677. The average molecular weight is 421 g/mol. The van der Waals surface area contributed by atoms with Crippen LogP contribution in [0.5, 0.6) is 0 Å². The van der Waals surface area contributed by atoms with Crippen molar-refractivity contribution in [3.63, 3.8) is 0 Å². The van der Waals surface area contributed by atoms with Crippen molar-refractivity contribution in [1.29, 1.82) is 0 Å². The van der Waals surface area contributed by atoms with E-state index in [2.05, 4.69) is 10.6 Å². The normalized spacial score (nSPS) is 12.5. The van der Waals surface area contributed by atoms with Gasteiger partial charge in [0.1, 0.15) is 0 Å². The number of likely N-dealkylation sites (N-methyl/N-ethyl adjacent to an activating group) is 1. The van der Waals surface area contributed by atoms with E-state index in [0.717, 1.165) is 17.7 Å². The van der Waals surface area contributed by atoms with Gasteiger partial charge in [-0.1, -0.05) is 31.2 Å². The van der Waals surface area contributed by atoms with Gasteiger partial charge in [0, 0.05) is 18.7 Å². The molecule has 30 heavy (non-hydrogen) atoms. The monoisotopic (exact) mass is 421 g/mol. The standard InChI is InChI=1S/C22H26F3N3O2/c1-15(17-7-9-18(10-8-17)22(23,24)25)11-20(29)26-13-16-5-4-6-19(12-16)27-21(30)14-28(2)3/h4-10,12,15H,11,13-14H2,1-3H3,(H,26,29)(H,27,30). The molecule has 8 heteroatoms. The Morgan fingerprint density at radius 1 is 1.03 bits per heavy atom. The van der Waals surface area contributed by atoms with Crippen LogP contribution >= 0.6 is 0 Å². The lowest BCUT2D eigenvalue weighted by molar-refractivity contribution is -0.137. The van der Waals surface area contributed by atoms with E-state index in [9.17, 15) is 22.8 Å². The van der Waals surface area contributed by atoms with E-state index in [1.165, 1.54) is 12.1 Å². The molecule has 0 aliphatic carbocycles. The van der Waals surface area contributed by atoms with Crippen LogP contribution < -0.4 is 10.6 Å². The molecule has 5 nitrogen and oxygen atoms in total. The zero-order chi connectivity index (χ0) is 22.3. The fraction of sp³-hybridized carbons (Fsp3) is 0.364. The molecule has 0 bridgehead atoms. The van der Waals surface area contributed by atoms with Gasteiger partial charge < -0.3 is 15.5 Å². The van der Waals surface area contributed by atoms with Gasteiger partial charge in [-0.25, -0.2) is 0 Å². The summed E-state index contributed by atoms with van der Waals surface area (Å²) in [6.45, 7) is 2.35. The SMILES string of the molecule is CC(CC(=O)NCc1cccc(NC(=O)CN(C)C)c1)c1ccc(C(F)(F)F)cc1. The smallest absolute Gasteiger partial charge is 0.352 e. The van der Waals surface area contributed by atoms with E-state index in [4.69, 9.17) is 0 Å². The number of anilines is 1. The van der Waals surface area contributed by atoms with Crippen molar-refractivity contribution in [1.82, 2.24) is 10.2 Å². The van der Waals surface area contributed by atoms with Crippen LogP contribution in [-0.2, 0) is 22.3 Å². The second-order valence-electron chi connectivity index (χ2n) is 7.49. The Kier molecular flexibility index (Phi) is 8.00. The molecule has 2 amide bonds. The molecule has 1 unspecified atom stereocenters. The average Bonchev–Trinajstić information content (AvgIpc) is 2.65. The van der Waals surface area contributed by atoms with Gasteiger partial charge in [-0.15, -0.1) is 0 Å². The molecule has 0 saturated carbocycles. The molecule has 1 atom stereocenters. The van der Waals surface area contributed by atoms with Crippen molar-refractivity contribution in [2.45, 2.75) is 32.0 Å². The van der Waals surface area contributed by atoms with Gasteiger partial charge in [-0.3, -0.25) is 9.59 Å². The molecule has 0 saturated heterocycles. The van der Waals surface area contributed by atoms with Crippen molar-refractivity contribution in [3.05, 3.63) is 65.2 Å². The Bertz CT molecular complexity index is 865. The lowest BCUT2D eigenvalue weighted by Gasteiger charge is -2.14. The molecule has 0 aliphatic heterocycles. The fourth-order valence-electron chi connectivity index (χ4n) is 2.92. The van der Waals surface area contributed by atoms with Crippen LogP contribution in [0.2, 0.25) is 0 Å². The molecule has 0 aromatic heterocycles. The molecule has 2 aromatic carbocycles. The van der Waals surface area contributed by atoms with E-state index in [-0.39, 0.29) is 37.2 Å². The molecule has 2 N–H and O–H groups in total. The van der Waals surface area contributed by atoms with Crippen LogP contribution in [0, 0.1) is 0 Å². The third kappa shape index (κ3) is 7.51. The Morgan fingerprint density at radius 2 is 1.70 bits per heavy atom. The minimum absolute atomic E-state index is 0.133. The lowest BCUT2D eigenvalue weighted by Crippen LogP contribution is -2.27. The Hall–Kier alpha value is -2.87. The van der Waals surface area contributed by atoms with Crippen LogP contribution in [0.3, 0.4) is 0 Å². The number of halogens is 3. The second-order valence-corrected chi connectivity index (χ2v) is 7.49. The number of hydrogen-bond donors (Lipinski definition) is 2. The molecule has 0 aliphatic rings. The van der Waals surface area contributed by atoms with Gasteiger partial charge in [0.25, 0.3) is 0 Å². The summed E-state index contributed by atoms with van der Waals surface area (Å²) in [5.74, 6) is -0.556. The molecule has 0 spiro atoms. The Morgan fingerprint density at radius 3 is 2.30 bits per heavy atom. The highest BCUT2D eigenvalue weighted by Gasteiger charge is 2.30. The summed E-state index contributed by atoms with van der Waals surface area (Å²) in [5.41, 5.74) is 1.43. The molecule has 0 heterocycles. The molecular weight excluding hydrogens is 395 g/mol. The molecule has 162 valence electrons. The van der Waals surface area contributed by atoms with Crippen molar-refractivity contribution >= 4 is 17.5 Å². The summed E-state index contributed by atoms with van der Waals surface area (Å²) in [5, 5.41) is 5.60. The second kappa shape index (κ2) is 10.2. The fourth-order valence-corrected chi connectivity index (χ4v) is 2.92. The third-order valence-electron chi connectivity index (χ3n) is 4.46. The zero-order valence-corrected chi connectivity index (χ0v) is 17.2. The number of benzene rings is 2. The first-order valence-corrected chi connectivity index (χ1v) is 9.52. The minimum atomic E-state index is -4.38. The van der Waals surface area contributed by atoms with Crippen molar-refractivity contribution < 1.29 is 22.8 Å². The Balaban J connectivity index is 1.87. The lowest BCUT2D eigenvalue weighted by atomic mass is 9.96. The first-order chi connectivity index (χ1) is 14.0. The summed E-state index contributed by atoms with van der Waals surface area (Å²) in [6.07, 6.45) is -4.22. The van der Waals surface area contributed by atoms with Crippen LogP contribution in [-0.4, -0.2) is 37.4 Å². The van der Waals surface area contributed by atoms with Gasteiger partial charge in [-0.05, 0) is 55.4 Å². The van der Waals surface area contributed by atoms with E-state index in [0.29, 0.717) is 11.3 Å². The molecular formula is C22H26F3N3O2. The van der Waals surface area contributed by atoms with Crippen molar-refractivity contribution in [2.75, 3.05) is 26.0 Å². The third-order valence-corrected chi connectivity index (χ3v) is 4.46. The summed E-state index contributed by atoms with van der Waals surface area (Å²) in [7, 11) is 3.61. The summed E-state index contributed by atoms with van der Waals surface area (Å²) in [6, 6.07) is 12.0. The van der Waals surface area contributed by atoms with Crippen LogP contribution in [0.25, 0.3) is 0 Å². The predicted molar refractivity (Wildman–Crippen MR) is 110 cm³/mol. The first kappa shape index (κ1) is 23.4. The number of hydrogen-bond acceptors (Lipinski definition) is 3. The predicted octanol–water partition coefficient (Wildman–Crippen LogP) is 4.02. The number of carbonyl (C=O) groups excluding carboxylic acids is 2. The number of nitrogens with one attached hydrogen (secondary N) is 2. The highest BCUT2D eigenvalue weighted by Crippen LogP contribution is 2.30. The number of carbonyl (C=O) groups is 2. The maximum absolute atomic E-state index is 12.7. The molecule has 2 rings (SSSR count). The van der Waals surface area contributed by atoms with Gasteiger partial charge in [0.05, 0.1) is 12.1 Å². The van der Waals surface area contributed by atoms with Gasteiger partial charge >= 0.3 is 6.18 Å². The van der Waals surface area contributed by atoms with Gasteiger partial charge in [0.2, 0.25) is 11.8 Å². The summed E-state index contributed by atoms with van der Waals surface area (Å²) >= 11 is 0. The molecule has 0 radical (unpaired) electrons.